The van der Waals surface area contributed by atoms with E-state index in [4.69, 9.17) is 11.6 Å². The number of nitrogens with one attached hydrogen (secondary N) is 1. The molecule has 1 heterocycles. The van der Waals surface area contributed by atoms with E-state index in [9.17, 15) is 5.11 Å². The van der Waals surface area contributed by atoms with E-state index in [0.717, 1.165) is 19.5 Å². The topological polar surface area (TPSA) is 32.3 Å². The van der Waals surface area contributed by atoms with Crippen molar-refractivity contribution < 1.29 is 5.11 Å². The molecule has 1 unspecified atom stereocenters. The summed E-state index contributed by atoms with van der Waals surface area (Å²) in [7, 11) is 0. The largest absolute Gasteiger partial charge is 0.506 e. The van der Waals surface area contributed by atoms with E-state index in [1.807, 2.05) is 12.1 Å². The number of rotatable bonds is 1. The molecule has 3 heteroatoms. The molecule has 1 aliphatic heterocycles. The van der Waals surface area contributed by atoms with E-state index >= 15 is 0 Å². The van der Waals surface area contributed by atoms with Crippen LogP contribution in [-0.4, -0.2) is 18.2 Å². The van der Waals surface area contributed by atoms with Crippen LogP contribution in [0.3, 0.4) is 0 Å². The summed E-state index contributed by atoms with van der Waals surface area (Å²) >= 11 is 5.82. The summed E-state index contributed by atoms with van der Waals surface area (Å²) in [5.41, 5.74) is 1.22. The summed E-state index contributed by atoms with van der Waals surface area (Å²) < 4.78 is 0. The Morgan fingerprint density at radius 2 is 2.31 bits per heavy atom. The summed E-state index contributed by atoms with van der Waals surface area (Å²) in [6, 6.07) is 5.46. The molecule has 13 heavy (non-hydrogen) atoms. The molecular formula is C10H12ClNO. The van der Waals surface area contributed by atoms with Crippen LogP contribution < -0.4 is 5.32 Å². The molecular weight excluding hydrogens is 186 g/mol. The molecule has 1 saturated heterocycles. The van der Waals surface area contributed by atoms with Crippen molar-refractivity contribution in [3.8, 4) is 5.75 Å². The first kappa shape index (κ1) is 8.85. The number of phenolic OH excluding ortho intramolecular Hbond substituents is 1. The quantitative estimate of drug-likeness (QED) is 0.723. The lowest BCUT2D eigenvalue weighted by Crippen LogP contribution is -2.07. The standard InChI is InChI=1S/C10H12ClNO/c11-9-5-7(1-2-10(9)13)8-3-4-12-6-8/h1-2,5,8,12-13H,3-4,6H2. The third-order valence-electron chi connectivity index (χ3n) is 2.50. The second kappa shape index (κ2) is 3.56. The molecule has 1 aliphatic rings. The fourth-order valence-electron chi connectivity index (χ4n) is 1.72. The molecule has 1 aromatic rings. The molecule has 0 bridgehead atoms. The van der Waals surface area contributed by atoms with E-state index in [1.165, 1.54) is 5.56 Å². The molecule has 0 amide bonds. The molecule has 0 spiro atoms. The number of hydrogen-bond donors (Lipinski definition) is 2. The van der Waals surface area contributed by atoms with Crippen LogP contribution in [0.4, 0.5) is 0 Å². The minimum absolute atomic E-state index is 0.163. The molecule has 2 nitrogen and oxygen atoms in total. The number of aromatic hydroxyl groups is 1. The predicted molar refractivity (Wildman–Crippen MR) is 53.3 cm³/mol. The number of halogens is 1. The Morgan fingerprint density at radius 1 is 1.46 bits per heavy atom. The minimum Gasteiger partial charge on any atom is -0.506 e. The molecule has 0 aromatic heterocycles. The molecule has 0 radical (unpaired) electrons. The van der Waals surface area contributed by atoms with Gasteiger partial charge in [-0.25, -0.2) is 0 Å². The van der Waals surface area contributed by atoms with Gasteiger partial charge in [0.05, 0.1) is 5.02 Å². The van der Waals surface area contributed by atoms with Gasteiger partial charge in [-0.2, -0.15) is 0 Å². The van der Waals surface area contributed by atoms with Crippen molar-refractivity contribution in [1.82, 2.24) is 5.32 Å². The Bertz CT molecular complexity index is 308. The predicted octanol–water partition coefficient (Wildman–Crippen LogP) is 2.12. The van der Waals surface area contributed by atoms with Gasteiger partial charge in [0.25, 0.3) is 0 Å². The summed E-state index contributed by atoms with van der Waals surface area (Å²) in [5, 5.41) is 13.0. The number of hydrogen-bond acceptors (Lipinski definition) is 2. The summed E-state index contributed by atoms with van der Waals surface area (Å²) in [6.07, 6.45) is 1.15. The molecule has 1 aromatic carbocycles. The lowest BCUT2D eigenvalue weighted by Gasteiger charge is -2.09. The van der Waals surface area contributed by atoms with Crippen LogP contribution in [-0.2, 0) is 0 Å². The molecule has 2 N–H and O–H groups in total. The van der Waals surface area contributed by atoms with Gasteiger partial charge in [-0.05, 0) is 36.6 Å². The van der Waals surface area contributed by atoms with Gasteiger partial charge >= 0.3 is 0 Å². The Hall–Kier alpha value is -0.730. The van der Waals surface area contributed by atoms with Gasteiger partial charge in [0.15, 0.2) is 0 Å². The van der Waals surface area contributed by atoms with Crippen LogP contribution in [0, 0.1) is 0 Å². The lowest BCUT2D eigenvalue weighted by molar-refractivity contribution is 0.475. The Morgan fingerprint density at radius 3 is 2.92 bits per heavy atom. The average molecular weight is 198 g/mol. The second-order valence-electron chi connectivity index (χ2n) is 3.40. The first-order valence-electron chi connectivity index (χ1n) is 4.46. The maximum atomic E-state index is 9.24. The van der Waals surface area contributed by atoms with Crippen molar-refractivity contribution in [3.05, 3.63) is 28.8 Å². The van der Waals surface area contributed by atoms with Crippen molar-refractivity contribution in [1.29, 1.82) is 0 Å². The second-order valence-corrected chi connectivity index (χ2v) is 3.81. The average Bonchev–Trinajstić information content (AvgIpc) is 2.62. The molecule has 0 aliphatic carbocycles. The third-order valence-corrected chi connectivity index (χ3v) is 2.81. The maximum absolute atomic E-state index is 9.24. The summed E-state index contributed by atoms with van der Waals surface area (Å²) in [4.78, 5) is 0. The van der Waals surface area contributed by atoms with E-state index in [2.05, 4.69) is 5.32 Å². The van der Waals surface area contributed by atoms with Gasteiger partial charge in [0.2, 0.25) is 0 Å². The van der Waals surface area contributed by atoms with Crippen LogP contribution in [0.2, 0.25) is 5.02 Å². The van der Waals surface area contributed by atoms with E-state index in [0.29, 0.717) is 10.9 Å². The molecule has 1 atom stereocenters. The van der Waals surface area contributed by atoms with Crippen molar-refractivity contribution >= 4 is 11.6 Å². The Balaban J connectivity index is 2.25. The molecule has 2 rings (SSSR count). The Kier molecular flexibility index (Phi) is 2.42. The van der Waals surface area contributed by atoms with E-state index in [-0.39, 0.29) is 5.75 Å². The van der Waals surface area contributed by atoms with Crippen molar-refractivity contribution in [3.63, 3.8) is 0 Å². The van der Waals surface area contributed by atoms with E-state index < -0.39 is 0 Å². The van der Waals surface area contributed by atoms with Gasteiger partial charge < -0.3 is 10.4 Å². The van der Waals surface area contributed by atoms with Crippen LogP contribution in [0.1, 0.15) is 17.9 Å². The monoisotopic (exact) mass is 197 g/mol. The fraction of sp³-hybridized carbons (Fsp3) is 0.400. The number of phenols is 1. The lowest BCUT2D eigenvalue weighted by atomic mass is 9.98. The zero-order chi connectivity index (χ0) is 9.26. The zero-order valence-electron chi connectivity index (χ0n) is 7.26. The first-order valence-corrected chi connectivity index (χ1v) is 4.84. The fourth-order valence-corrected chi connectivity index (χ4v) is 1.91. The van der Waals surface area contributed by atoms with Gasteiger partial charge in [-0.3, -0.25) is 0 Å². The highest BCUT2D eigenvalue weighted by Crippen LogP contribution is 2.29. The van der Waals surface area contributed by atoms with Crippen molar-refractivity contribution in [2.45, 2.75) is 12.3 Å². The van der Waals surface area contributed by atoms with Crippen LogP contribution >= 0.6 is 11.6 Å². The van der Waals surface area contributed by atoms with E-state index in [1.54, 1.807) is 6.07 Å². The van der Waals surface area contributed by atoms with Gasteiger partial charge in [-0.1, -0.05) is 17.7 Å². The minimum atomic E-state index is 0.163. The van der Waals surface area contributed by atoms with Crippen molar-refractivity contribution in [2.24, 2.45) is 0 Å². The smallest absolute Gasteiger partial charge is 0.134 e. The van der Waals surface area contributed by atoms with Gasteiger partial charge in [0.1, 0.15) is 5.75 Å². The number of benzene rings is 1. The summed E-state index contributed by atoms with van der Waals surface area (Å²) in [5.74, 6) is 0.717. The Labute approximate surface area is 82.5 Å². The van der Waals surface area contributed by atoms with Gasteiger partial charge in [-0.15, -0.1) is 0 Å². The van der Waals surface area contributed by atoms with Gasteiger partial charge in [0, 0.05) is 6.54 Å². The summed E-state index contributed by atoms with van der Waals surface area (Å²) in [6.45, 7) is 2.09. The highest BCUT2D eigenvalue weighted by Gasteiger charge is 2.16. The van der Waals surface area contributed by atoms with Crippen LogP contribution in [0.25, 0.3) is 0 Å². The normalized spacial score (nSPS) is 22.1. The highest BCUT2D eigenvalue weighted by molar-refractivity contribution is 6.32. The molecule has 1 fully saturated rings. The van der Waals surface area contributed by atoms with Crippen LogP contribution in [0.15, 0.2) is 18.2 Å². The van der Waals surface area contributed by atoms with Crippen LogP contribution in [0.5, 0.6) is 5.75 Å². The first-order chi connectivity index (χ1) is 6.27. The molecule has 0 saturated carbocycles. The zero-order valence-corrected chi connectivity index (χ0v) is 8.01. The van der Waals surface area contributed by atoms with Crippen molar-refractivity contribution in [2.75, 3.05) is 13.1 Å². The third kappa shape index (κ3) is 1.79. The molecule has 70 valence electrons. The maximum Gasteiger partial charge on any atom is 0.134 e. The SMILES string of the molecule is Oc1ccc(C2CCNC2)cc1Cl. The highest BCUT2D eigenvalue weighted by atomic mass is 35.5.